The number of hydrogen-bond donors (Lipinski definition) is 3. The predicted molar refractivity (Wildman–Crippen MR) is 112 cm³/mol. The van der Waals surface area contributed by atoms with E-state index in [1.165, 1.54) is 17.5 Å². The quantitative estimate of drug-likeness (QED) is 0.462. The molecule has 0 aliphatic heterocycles. The van der Waals surface area contributed by atoms with Crippen LogP contribution in [-0.4, -0.2) is 15.9 Å². The molecule has 3 N–H and O–H groups in total. The summed E-state index contributed by atoms with van der Waals surface area (Å²) in [7, 11) is 0. The molecule has 0 fully saturated rings. The fourth-order valence-corrected chi connectivity index (χ4v) is 4.27. The number of aryl methyl sites for hydroxylation is 1. The topological polar surface area (TPSA) is 77.8 Å². The van der Waals surface area contributed by atoms with E-state index in [0.717, 1.165) is 27.5 Å². The first kappa shape index (κ1) is 17.5. The molecule has 6 heteroatoms. The number of benzene rings is 1. The zero-order valence-corrected chi connectivity index (χ0v) is 16.5. The van der Waals surface area contributed by atoms with Gasteiger partial charge in [0.15, 0.2) is 0 Å². The second-order valence-electron chi connectivity index (χ2n) is 7.82. The van der Waals surface area contributed by atoms with Crippen molar-refractivity contribution in [1.29, 1.82) is 0 Å². The minimum absolute atomic E-state index is 0.121. The minimum Gasteiger partial charge on any atom is -0.361 e. The highest BCUT2D eigenvalue weighted by Gasteiger charge is 2.22. The first-order chi connectivity index (χ1) is 12.8. The fourth-order valence-electron chi connectivity index (χ4n) is 3.31. The van der Waals surface area contributed by atoms with E-state index in [2.05, 4.69) is 42.1 Å². The number of H-pyrrole nitrogens is 2. The first-order valence-electron chi connectivity index (χ1n) is 8.78. The zero-order chi connectivity index (χ0) is 19.3. The number of aromatic amines is 2. The number of aromatic nitrogens is 2. The fraction of sp³-hybridized carbons (Fsp3) is 0.238. The number of thiophene rings is 1. The van der Waals surface area contributed by atoms with E-state index in [1.54, 1.807) is 0 Å². The highest BCUT2D eigenvalue weighted by Crippen LogP contribution is 2.33. The van der Waals surface area contributed by atoms with Crippen molar-refractivity contribution in [2.24, 2.45) is 0 Å². The predicted octanol–water partition coefficient (Wildman–Crippen LogP) is 4.93. The van der Waals surface area contributed by atoms with Gasteiger partial charge in [-0.2, -0.15) is 0 Å². The molecule has 0 aliphatic rings. The number of pyridine rings is 1. The summed E-state index contributed by atoms with van der Waals surface area (Å²) in [5, 5.41) is 5.96. The normalized spacial score (nSPS) is 12.0. The number of carbonyl (C=O) groups is 1. The molecule has 4 aromatic rings. The number of fused-ring (bicyclic) bond motifs is 2. The molecule has 0 saturated carbocycles. The van der Waals surface area contributed by atoms with Crippen LogP contribution in [0.15, 0.2) is 40.8 Å². The smallest absolute Gasteiger partial charge is 0.261 e. The van der Waals surface area contributed by atoms with Crippen LogP contribution in [0.2, 0.25) is 0 Å². The van der Waals surface area contributed by atoms with Crippen molar-refractivity contribution in [2.75, 3.05) is 5.32 Å². The largest absolute Gasteiger partial charge is 0.361 e. The summed E-state index contributed by atoms with van der Waals surface area (Å²) in [5.74, 6) is -0.402. The molecule has 0 saturated heterocycles. The van der Waals surface area contributed by atoms with Crippen molar-refractivity contribution < 1.29 is 4.79 Å². The molecule has 0 bridgehead atoms. The van der Waals surface area contributed by atoms with Crippen molar-refractivity contribution in [1.82, 2.24) is 9.97 Å². The Hall–Kier alpha value is -2.86. The zero-order valence-electron chi connectivity index (χ0n) is 15.7. The van der Waals surface area contributed by atoms with Crippen LogP contribution in [0.3, 0.4) is 0 Å². The van der Waals surface area contributed by atoms with Crippen LogP contribution in [0.5, 0.6) is 0 Å². The van der Waals surface area contributed by atoms with Crippen LogP contribution in [0.4, 0.5) is 5.69 Å². The molecule has 0 spiro atoms. The SMILES string of the molecule is Cc1csc2c(=O)c(C(=O)Nc3cc4[nH]ccc4cc3C(C)(C)C)c[nH]c12. The van der Waals surface area contributed by atoms with E-state index in [-0.39, 0.29) is 16.4 Å². The van der Waals surface area contributed by atoms with Crippen LogP contribution >= 0.6 is 11.3 Å². The summed E-state index contributed by atoms with van der Waals surface area (Å²) < 4.78 is 0.580. The molecule has 1 aromatic carbocycles. The second kappa shape index (κ2) is 6.09. The Kier molecular flexibility index (Phi) is 3.96. The van der Waals surface area contributed by atoms with Gasteiger partial charge in [-0.15, -0.1) is 11.3 Å². The minimum atomic E-state index is -0.402. The summed E-state index contributed by atoms with van der Waals surface area (Å²) in [5.41, 5.74) is 4.20. The van der Waals surface area contributed by atoms with Crippen LogP contribution in [0, 0.1) is 6.92 Å². The number of hydrogen-bond acceptors (Lipinski definition) is 3. The number of nitrogens with one attached hydrogen (secondary N) is 3. The number of carbonyl (C=O) groups excluding carboxylic acids is 1. The lowest BCUT2D eigenvalue weighted by molar-refractivity contribution is 0.102. The van der Waals surface area contributed by atoms with Gasteiger partial charge in [-0.05, 0) is 52.4 Å². The number of anilines is 1. The van der Waals surface area contributed by atoms with Crippen LogP contribution in [0.1, 0.15) is 42.3 Å². The molecular formula is C21H21N3O2S. The summed E-state index contributed by atoms with van der Waals surface area (Å²) in [6.45, 7) is 8.24. The van der Waals surface area contributed by atoms with Gasteiger partial charge in [0.25, 0.3) is 5.91 Å². The van der Waals surface area contributed by atoms with E-state index in [4.69, 9.17) is 0 Å². The van der Waals surface area contributed by atoms with Crippen LogP contribution < -0.4 is 10.7 Å². The van der Waals surface area contributed by atoms with Gasteiger partial charge in [0.2, 0.25) is 5.43 Å². The Labute approximate surface area is 160 Å². The monoisotopic (exact) mass is 379 g/mol. The number of amides is 1. The molecule has 5 nitrogen and oxygen atoms in total. The van der Waals surface area contributed by atoms with Gasteiger partial charge in [0.05, 0.1) is 10.2 Å². The van der Waals surface area contributed by atoms with E-state index in [1.807, 2.05) is 30.6 Å². The van der Waals surface area contributed by atoms with Gasteiger partial charge in [-0.3, -0.25) is 9.59 Å². The van der Waals surface area contributed by atoms with E-state index >= 15 is 0 Å². The van der Waals surface area contributed by atoms with Gasteiger partial charge in [-0.1, -0.05) is 20.8 Å². The summed E-state index contributed by atoms with van der Waals surface area (Å²) in [6.07, 6.45) is 3.38. The van der Waals surface area contributed by atoms with Crippen LogP contribution in [0.25, 0.3) is 21.1 Å². The van der Waals surface area contributed by atoms with Crippen molar-refractivity contribution in [3.63, 3.8) is 0 Å². The highest BCUT2D eigenvalue weighted by molar-refractivity contribution is 7.17. The third kappa shape index (κ3) is 2.96. The molecule has 3 aromatic heterocycles. The second-order valence-corrected chi connectivity index (χ2v) is 8.70. The highest BCUT2D eigenvalue weighted by atomic mass is 32.1. The molecule has 3 heterocycles. The molecule has 0 atom stereocenters. The first-order valence-corrected chi connectivity index (χ1v) is 9.66. The van der Waals surface area contributed by atoms with Gasteiger partial charge in [0, 0.05) is 23.6 Å². The Morgan fingerprint density at radius 1 is 1.19 bits per heavy atom. The van der Waals surface area contributed by atoms with Crippen molar-refractivity contribution in [3.05, 3.63) is 62.9 Å². The van der Waals surface area contributed by atoms with Gasteiger partial charge < -0.3 is 15.3 Å². The van der Waals surface area contributed by atoms with E-state index in [9.17, 15) is 9.59 Å². The number of rotatable bonds is 2. The maximum absolute atomic E-state index is 12.9. The summed E-state index contributed by atoms with van der Waals surface area (Å²) >= 11 is 1.36. The van der Waals surface area contributed by atoms with Gasteiger partial charge in [-0.25, -0.2) is 0 Å². The van der Waals surface area contributed by atoms with E-state index < -0.39 is 5.91 Å². The van der Waals surface area contributed by atoms with Crippen molar-refractivity contribution in [3.8, 4) is 0 Å². The van der Waals surface area contributed by atoms with Crippen LogP contribution in [-0.2, 0) is 5.41 Å². The Balaban J connectivity index is 1.79. The maximum atomic E-state index is 12.9. The molecule has 138 valence electrons. The molecule has 0 unspecified atom stereocenters. The third-order valence-corrected chi connectivity index (χ3v) is 5.88. The Morgan fingerprint density at radius 2 is 1.96 bits per heavy atom. The lowest BCUT2D eigenvalue weighted by Gasteiger charge is -2.23. The van der Waals surface area contributed by atoms with Gasteiger partial charge in [0.1, 0.15) is 5.56 Å². The molecule has 27 heavy (non-hydrogen) atoms. The molecule has 0 radical (unpaired) electrons. The molecular weight excluding hydrogens is 358 g/mol. The summed E-state index contributed by atoms with van der Waals surface area (Å²) in [6, 6.07) is 6.02. The maximum Gasteiger partial charge on any atom is 0.261 e. The molecule has 1 amide bonds. The van der Waals surface area contributed by atoms with E-state index in [0.29, 0.717) is 10.4 Å². The van der Waals surface area contributed by atoms with Crippen molar-refractivity contribution in [2.45, 2.75) is 33.1 Å². The lowest BCUT2D eigenvalue weighted by Crippen LogP contribution is -2.23. The van der Waals surface area contributed by atoms with Crippen molar-refractivity contribution >= 4 is 44.1 Å². The third-order valence-electron chi connectivity index (χ3n) is 4.78. The molecule has 4 rings (SSSR count). The lowest BCUT2D eigenvalue weighted by atomic mass is 9.85. The average molecular weight is 379 g/mol. The average Bonchev–Trinajstić information content (AvgIpc) is 3.20. The molecule has 0 aliphatic carbocycles. The standard InChI is InChI=1S/C21H21N3O2S/c1-11-10-27-19-17(11)23-9-13(18(19)25)20(26)24-16-8-15-12(5-6-22-15)7-14(16)21(2,3)4/h5-10,22H,1-4H3,(H,23,25)(H,24,26). The Morgan fingerprint density at radius 3 is 2.70 bits per heavy atom. The van der Waals surface area contributed by atoms with Gasteiger partial charge >= 0.3 is 0 Å². The Bertz CT molecular complexity index is 1240. The summed E-state index contributed by atoms with van der Waals surface area (Å²) in [4.78, 5) is 31.9.